The number of imide groups is 2. The number of anilines is 1. The molecule has 4 amide bonds. The zero-order valence-corrected chi connectivity index (χ0v) is 31.5. The molecule has 0 radical (unpaired) electrons. The van der Waals surface area contributed by atoms with Gasteiger partial charge < -0.3 is 0 Å². The van der Waals surface area contributed by atoms with Crippen molar-refractivity contribution in [3.8, 4) is 0 Å². The number of hydrogen-bond donors (Lipinski definition) is 0. The first-order valence-corrected chi connectivity index (χ1v) is 17.5. The van der Waals surface area contributed by atoms with Crippen LogP contribution in [0, 0.1) is 33.6 Å². The number of benzene rings is 4. The van der Waals surface area contributed by atoms with Gasteiger partial charge in [-0.3, -0.25) is 28.9 Å². The minimum Gasteiger partial charge on any atom is -0.289 e. The number of nitrogens with zero attached hydrogens (tertiary/aromatic N) is 2. The van der Waals surface area contributed by atoms with Crippen LogP contribution in [0.25, 0.3) is 0 Å². The van der Waals surface area contributed by atoms with Crippen molar-refractivity contribution in [2.75, 3.05) is 4.90 Å². The summed E-state index contributed by atoms with van der Waals surface area (Å²) in [5.41, 5.74) is 8.93. The molecule has 0 spiro atoms. The lowest BCUT2D eigenvalue weighted by Crippen LogP contribution is -2.50. The molecule has 2 aliphatic rings. The topological polar surface area (TPSA) is 91.8 Å². The molecule has 2 aliphatic heterocycles. The van der Waals surface area contributed by atoms with Gasteiger partial charge >= 0.3 is 0 Å². The molecule has 0 saturated carbocycles. The molecule has 7 heteroatoms. The van der Waals surface area contributed by atoms with Crippen molar-refractivity contribution in [2.45, 2.75) is 93.5 Å². The number of carbonyl (C=O) groups excluding carboxylic acids is 5. The van der Waals surface area contributed by atoms with Crippen molar-refractivity contribution in [3.63, 3.8) is 0 Å². The Morgan fingerprint density at radius 2 is 1.00 bits per heavy atom. The Morgan fingerprint density at radius 3 is 1.47 bits per heavy atom. The van der Waals surface area contributed by atoms with Gasteiger partial charge in [0.25, 0.3) is 23.6 Å². The molecule has 0 aliphatic carbocycles. The number of aryl methyl sites for hydroxylation is 4. The molecule has 0 fully saturated rings. The molecule has 4 aromatic carbocycles. The normalized spacial score (nSPS) is 14.6. The molecule has 6 rings (SSSR count). The SMILES string of the molecule is Cc1cc(Cc2cc(C)c(C(C)(C)C)c(C)c2)cc(C)c1N1C(=O)c2ccc(C(=O)c3ccc4c(c3)C(=O)N(C(C)(C)C(C)C)C4=O)cc2C1=O. The maximum absolute atomic E-state index is 13.9. The van der Waals surface area contributed by atoms with Crippen molar-refractivity contribution in [2.24, 2.45) is 5.92 Å². The lowest BCUT2D eigenvalue weighted by molar-refractivity contribution is 0.0395. The minimum absolute atomic E-state index is 0.0164. The van der Waals surface area contributed by atoms with Crippen LogP contribution in [-0.2, 0) is 11.8 Å². The first-order chi connectivity index (χ1) is 23.7. The Kier molecular flexibility index (Phi) is 8.57. The highest BCUT2D eigenvalue weighted by atomic mass is 16.2. The molecule has 4 aromatic rings. The molecule has 2 heterocycles. The van der Waals surface area contributed by atoms with Crippen molar-refractivity contribution >= 4 is 35.1 Å². The van der Waals surface area contributed by atoms with Crippen molar-refractivity contribution in [3.05, 3.63) is 133 Å². The first kappa shape index (κ1) is 35.6. The van der Waals surface area contributed by atoms with Gasteiger partial charge in [0.2, 0.25) is 0 Å². The molecule has 0 bridgehead atoms. The number of rotatable bonds is 7. The molecule has 0 aromatic heterocycles. The molecule has 0 unspecified atom stereocenters. The molecule has 0 saturated heterocycles. The lowest BCUT2D eigenvalue weighted by atomic mass is 9.80. The van der Waals surface area contributed by atoms with E-state index in [1.54, 1.807) is 0 Å². The van der Waals surface area contributed by atoms with Crippen LogP contribution in [0.5, 0.6) is 0 Å². The van der Waals surface area contributed by atoms with E-state index < -0.39 is 29.0 Å². The van der Waals surface area contributed by atoms with E-state index >= 15 is 0 Å². The predicted molar refractivity (Wildman–Crippen MR) is 200 cm³/mol. The second-order valence-electron chi connectivity index (χ2n) is 16.2. The monoisotopic (exact) mass is 682 g/mol. The van der Waals surface area contributed by atoms with Crippen LogP contribution in [0.4, 0.5) is 5.69 Å². The Labute approximate surface area is 300 Å². The molecule has 0 N–H and O–H groups in total. The van der Waals surface area contributed by atoms with Crippen LogP contribution < -0.4 is 4.90 Å². The second kappa shape index (κ2) is 12.3. The Hall–Kier alpha value is -5.17. The maximum Gasteiger partial charge on any atom is 0.266 e. The standard InChI is InChI=1S/C44H46N2O5/c1-23(2)44(10,11)46-41(50)33-15-13-31(22-35(33)42(46)51)38(47)30-12-14-32-34(21-30)40(49)45(39(32)48)37-26(5)18-29(19-27(37)6)20-28-16-24(3)36(25(4)17-28)43(7,8)9/h12-19,21-23H,20H2,1-11H3. The smallest absolute Gasteiger partial charge is 0.266 e. The van der Waals surface area contributed by atoms with Gasteiger partial charge in [-0.1, -0.05) is 71.0 Å². The number of amides is 4. The van der Waals surface area contributed by atoms with E-state index in [0.717, 1.165) is 23.1 Å². The molecule has 0 atom stereocenters. The Balaban J connectivity index is 1.27. The summed E-state index contributed by atoms with van der Waals surface area (Å²) in [4.78, 5) is 70.5. The average Bonchev–Trinajstić information content (AvgIpc) is 3.43. The lowest BCUT2D eigenvalue weighted by Gasteiger charge is -2.37. The summed E-state index contributed by atoms with van der Waals surface area (Å²) in [6.45, 7) is 22.4. The minimum atomic E-state index is -0.718. The van der Waals surface area contributed by atoms with Crippen LogP contribution in [0.15, 0.2) is 60.7 Å². The van der Waals surface area contributed by atoms with Crippen LogP contribution >= 0.6 is 0 Å². The summed E-state index contributed by atoms with van der Waals surface area (Å²) in [6.07, 6.45) is 0.720. The highest BCUT2D eigenvalue weighted by Gasteiger charge is 2.46. The van der Waals surface area contributed by atoms with Crippen molar-refractivity contribution in [1.82, 2.24) is 4.90 Å². The molecular weight excluding hydrogens is 636 g/mol. The fourth-order valence-corrected chi connectivity index (χ4v) is 7.99. The van der Waals surface area contributed by atoms with Gasteiger partial charge in [0.05, 0.1) is 27.9 Å². The quantitative estimate of drug-likeness (QED) is 0.143. The highest BCUT2D eigenvalue weighted by molar-refractivity contribution is 6.35. The highest BCUT2D eigenvalue weighted by Crippen LogP contribution is 2.37. The number of hydrogen-bond acceptors (Lipinski definition) is 5. The van der Waals surface area contributed by atoms with Gasteiger partial charge in [0.1, 0.15) is 0 Å². The van der Waals surface area contributed by atoms with E-state index in [-0.39, 0.29) is 50.6 Å². The van der Waals surface area contributed by atoms with Gasteiger partial charge in [-0.2, -0.15) is 0 Å². The van der Waals surface area contributed by atoms with Gasteiger partial charge in [-0.15, -0.1) is 0 Å². The van der Waals surface area contributed by atoms with Gasteiger partial charge in [-0.25, -0.2) is 4.90 Å². The van der Waals surface area contributed by atoms with Crippen LogP contribution in [0.3, 0.4) is 0 Å². The first-order valence-electron chi connectivity index (χ1n) is 17.5. The summed E-state index contributed by atoms with van der Waals surface area (Å²) in [6, 6.07) is 17.6. The van der Waals surface area contributed by atoms with E-state index in [1.807, 2.05) is 53.7 Å². The van der Waals surface area contributed by atoms with E-state index in [0.29, 0.717) is 5.69 Å². The van der Waals surface area contributed by atoms with E-state index in [4.69, 9.17) is 0 Å². The zero-order chi connectivity index (χ0) is 37.5. The largest absolute Gasteiger partial charge is 0.289 e. The molecule has 51 heavy (non-hydrogen) atoms. The van der Waals surface area contributed by atoms with E-state index in [9.17, 15) is 24.0 Å². The van der Waals surface area contributed by atoms with Gasteiger partial charge in [0, 0.05) is 16.7 Å². The van der Waals surface area contributed by atoms with Crippen molar-refractivity contribution in [1.29, 1.82) is 0 Å². The van der Waals surface area contributed by atoms with E-state index in [1.165, 1.54) is 68.5 Å². The fraction of sp³-hybridized carbons (Fsp3) is 0.341. The summed E-state index contributed by atoms with van der Waals surface area (Å²) in [5, 5.41) is 0. The summed E-state index contributed by atoms with van der Waals surface area (Å²) >= 11 is 0. The van der Waals surface area contributed by atoms with Crippen LogP contribution in [0.2, 0.25) is 0 Å². The number of carbonyl (C=O) groups is 5. The zero-order valence-electron chi connectivity index (χ0n) is 31.5. The van der Waals surface area contributed by atoms with Gasteiger partial charge in [-0.05, 0) is 123 Å². The third-order valence-corrected chi connectivity index (χ3v) is 10.8. The molecule has 7 nitrogen and oxygen atoms in total. The average molecular weight is 683 g/mol. The van der Waals surface area contributed by atoms with Crippen molar-refractivity contribution < 1.29 is 24.0 Å². The fourth-order valence-electron chi connectivity index (χ4n) is 7.99. The molecular formula is C44H46N2O5. The van der Waals surface area contributed by atoms with E-state index in [2.05, 4.69) is 46.8 Å². The van der Waals surface area contributed by atoms with Crippen LogP contribution in [-0.4, -0.2) is 39.9 Å². The third kappa shape index (κ3) is 5.82. The number of ketones is 1. The van der Waals surface area contributed by atoms with Crippen LogP contribution in [0.1, 0.15) is 145 Å². The summed E-state index contributed by atoms with van der Waals surface area (Å²) < 4.78 is 0. The van der Waals surface area contributed by atoms with Gasteiger partial charge in [0.15, 0.2) is 5.78 Å². The Bertz CT molecular complexity index is 2170. The summed E-state index contributed by atoms with van der Waals surface area (Å²) in [7, 11) is 0. The Morgan fingerprint density at radius 1 is 0.588 bits per heavy atom. The second-order valence-corrected chi connectivity index (χ2v) is 16.2. The molecule has 262 valence electrons. The summed E-state index contributed by atoms with van der Waals surface area (Å²) in [5.74, 6) is -2.15. The third-order valence-electron chi connectivity index (χ3n) is 10.8. The number of fused-ring (bicyclic) bond motifs is 2. The maximum atomic E-state index is 13.9. The predicted octanol–water partition coefficient (Wildman–Crippen LogP) is 8.87.